The van der Waals surface area contributed by atoms with Crippen molar-refractivity contribution in [1.29, 1.82) is 0 Å². The average molecular weight is 372 g/mol. The molecule has 0 atom stereocenters. The number of benzene rings is 2. The van der Waals surface area contributed by atoms with Crippen LogP contribution in [0.5, 0.6) is 0 Å². The van der Waals surface area contributed by atoms with Crippen LogP contribution in [0.2, 0.25) is 5.02 Å². The Morgan fingerprint density at radius 3 is 2.52 bits per heavy atom. The average Bonchev–Trinajstić information content (AvgIpc) is 3.09. The fraction of sp³-hybridized carbons (Fsp3) is 0.263. The van der Waals surface area contributed by atoms with Crippen molar-refractivity contribution in [3.05, 3.63) is 59.1 Å². The number of carbonyl (C=O) groups excluding carboxylic acids is 1. The Morgan fingerprint density at radius 1 is 1.04 bits per heavy atom. The summed E-state index contributed by atoms with van der Waals surface area (Å²) in [7, 11) is 0. The van der Waals surface area contributed by atoms with Crippen molar-refractivity contribution in [3.63, 3.8) is 0 Å². The minimum Gasteiger partial charge on any atom is -0.345 e. The van der Waals surface area contributed by atoms with Gasteiger partial charge in [0.05, 0.1) is 16.3 Å². The first-order valence-electron chi connectivity index (χ1n) is 8.31. The number of carbonyl (C=O) groups is 1. The number of para-hydroxylation sites is 1. The number of Topliss-reactive ketones (excluding diaryl/α,β-unsaturated/α-hetero) is 1. The van der Waals surface area contributed by atoms with Crippen molar-refractivity contribution in [2.45, 2.75) is 0 Å². The Kier molecular flexibility index (Phi) is 4.70. The van der Waals surface area contributed by atoms with Gasteiger partial charge < -0.3 is 4.90 Å². The van der Waals surface area contributed by atoms with E-state index in [4.69, 9.17) is 16.6 Å². The number of thiazole rings is 1. The molecule has 1 saturated heterocycles. The van der Waals surface area contributed by atoms with E-state index in [1.807, 2.05) is 42.5 Å². The van der Waals surface area contributed by atoms with Crippen LogP contribution in [0.25, 0.3) is 10.2 Å². The van der Waals surface area contributed by atoms with E-state index in [2.05, 4.69) is 15.9 Å². The van der Waals surface area contributed by atoms with E-state index in [-0.39, 0.29) is 5.78 Å². The van der Waals surface area contributed by atoms with Crippen LogP contribution in [-0.4, -0.2) is 48.4 Å². The molecule has 2 heterocycles. The molecule has 0 bridgehead atoms. The first-order chi connectivity index (χ1) is 12.2. The zero-order valence-corrected chi connectivity index (χ0v) is 15.3. The van der Waals surface area contributed by atoms with Crippen LogP contribution in [0.4, 0.5) is 5.13 Å². The van der Waals surface area contributed by atoms with Crippen molar-refractivity contribution >= 4 is 44.1 Å². The third-order valence-corrected chi connectivity index (χ3v) is 5.85. The summed E-state index contributed by atoms with van der Waals surface area (Å²) >= 11 is 7.90. The van der Waals surface area contributed by atoms with Gasteiger partial charge in [0.25, 0.3) is 0 Å². The Morgan fingerprint density at radius 2 is 1.80 bits per heavy atom. The summed E-state index contributed by atoms with van der Waals surface area (Å²) in [6.07, 6.45) is 0. The maximum Gasteiger partial charge on any atom is 0.186 e. The number of fused-ring (bicyclic) bond motifs is 1. The molecule has 1 aliphatic heterocycles. The molecular formula is C19H18ClN3OS. The summed E-state index contributed by atoms with van der Waals surface area (Å²) in [5.41, 5.74) is 1.66. The molecule has 4 rings (SSSR count). The van der Waals surface area contributed by atoms with Gasteiger partial charge in [0.15, 0.2) is 10.9 Å². The molecular weight excluding hydrogens is 354 g/mol. The fourth-order valence-electron chi connectivity index (χ4n) is 3.05. The lowest BCUT2D eigenvalue weighted by Crippen LogP contribution is -2.48. The van der Waals surface area contributed by atoms with E-state index in [1.54, 1.807) is 11.3 Å². The van der Waals surface area contributed by atoms with Crippen molar-refractivity contribution < 1.29 is 4.79 Å². The zero-order valence-electron chi connectivity index (χ0n) is 13.7. The van der Waals surface area contributed by atoms with Gasteiger partial charge in [0.1, 0.15) is 5.52 Å². The lowest BCUT2D eigenvalue weighted by atomic mass is 10.1. The molecule has 6 heteroatoms. The fourth-order valence-corrected chi connectivity index (χ4v) is 4.37. The Bertz CT molecular complexity index is 888. The number of aromatic nitrogens is 1. The number of hydrogen-bond donors (Lipinski definition) is 0. The van der Waals surface area contributed by atoms with Gasteiger partial charge in [-0.05, 0) is 12.1 Å². The van der Waals surface area contributed by atoms with Gasteiger partial charge in [-0.25, -0.2) is 4.98 Å². The van der Waals surface area contributed by atoms with Crippen LogP contribution in [0.15, 0.2) is 48.5 Å². The molecule has 0 spiro atoms. The zero-order chi connectivity index (χ0) is 17.2. The van der Waals surface area contributed by atoms with Crippen molar-refractivity contribution in [3.8, 4) is 0 Å². The van der Waals surface area contributed by atoms with Gasteiger partial charge >= 0.3 is 0 Å². The third-order valence-electron chi connectivity index (χ3n) is 4.46. The van der Waals surface area contributed by atoms with Crippen molar-refractivity contribution in [2.75, 3.05) is 37.6 Å². The molecule has 0 radical (unpaired) electrons. The van der Waals surface area contributed by atoms with Gasteiger partial charge in [-0.3, -0.25) is 9.69 Å². The maximum atomic E-state index is 12.3. The summed E-state index contributed by atoms with van der Waals surface area (Å²) < 4.78 is 1.11. The lowest BCUT2D eigenvalue weighted by molar-refractivity contribution is 0.0926. The Balaban J connectivity index is 1.39. The molecule has 3 aromatic rings. The highest BCUT2D eigenvalue weighted by atomic mass is 35.5. The number of ketones is 1. The van der Waals surface area contributed by atoms with Gasteiger partial charge in [-0.2, -0.15) is 0 Å². The second-order valence-electron chi connectivity index (χ2n) is 6.14. The van der Waals surface area contributed by atoms with Gasteiger partial charge in [0.2, 0.25) is 0 Å². The smallest absolute Gasteiger partial charge is 0.186 e. The molecule has 4 nitrogen and oxygen atoms in total. The standard InChI is InChI=1S/C19H18ClN3OS/c20-15-7-4-8-17-18(15)21-19(25-17)23-11-9-22(10-12-23)13-16(24)14-5-2-1-3-6-14/h1-8H,9-13H2. The number of hydrogen-bond acceptors (Lipinski definition) is 5. The number of nitrogens with zero attached hydrogens (tertiary/aromatic N) is 3. The van der Waals surface area contributed by atoms with Crippen LogP contribution in [0, 0.1) is 0 Å². The molecule has 128 valence electrons. The maximum absolute atomic E-state index is 12.3. The first-order valence-corrected chi connectivity index (χ1v) is 9.51. The molecule has 1 aromatic heterocycles. The predicted octanol–water partition coefficient (Wildman–Crippen LogP) is 3.95. The van der Waals surface area contributed by atoms with Crippen molar-refractivity contribution in [1.82, 2.24) is 9.88 Å². The minimum atomic E-state index is 0.181. The molecule has 1 fully saturated rings. The molecule has 0 amide bonds. The first kappa shape index (κ1) is 16.5. The summed E-state index contributed by atoms with van der Waals surface area (Å²) in [5.74, 6) is 0.181. The van der Waals surface area contributed by atoms with Gasteiger partial charge in [0, 0.05) is 31.7 Å². The van der Waals surface area contributed by atoms with E-state index in [0.29, 0.717) is 11.6 Å². The minimum absolute atomic E-state index is 0.181. The molecule has 0 saturated carbocycles. The predicted molar refractivity (Wildman–Crippen MR) is 104 cm³/mol. The van der Waals surface area contributed by atoms with Crippen LogP contribution >= 0.6 is 22.9 Å². The van der Waals surface area contributed by atoms with E-state index in [0.717, 1.165) is 47.1 Å². The largest absolute Gasteiger partial charge is 0.345 e. The van der Waals surface area contributed by atoms with Gasteiger partial charge in [-0.1, -0.05) is 59.3 Å². The molecule has 25 heavy (non-hydrogen) atoms. The Hall–Kier alpha value is -1.95. The quantitative estimate of drug-likeness (QED) is 0.650. The van der Waals surface area contributed by atoms with Crippen LogP contribution < -0.4 is 4.90 Å². The summed E-state index contributed by atoms with van der Waals surface area (Å²) in [4.78, 5) is 21.5. The number of rotatable bonds is 4. The SMILES string of the molecule is O=C(CN1CCN(c2nc3c(Cl)cccc3s2)CC1)c1ccccc1. The molecule has 0 aliphatic carbocycles. The van der Waals surface area contributed by atoms with E-state index in [9.17, 15) is 4.79 Å². The normalized spacial score (nSPS) is 15.6. The van der Waals surface area contributed by atoms with Gasteiger partial charge in [-0.15, -0.1) is 0 Å². The monoisotopic (exact) mass is 371 g/mol. The highest BCUT2D eigenvalue weighted by molar-refractivity contribution is 7.22. The summed E-state index contributed by atoms with van der Waals surface area (Å²) in [6, 6.07) is 15.4. The molecule has 1 aliphatic rings. The number of anilines is 1. The second kappa shape index (κ2) is 7.12. The van der Waals surface area contributed by atoms with E-state index < -0.39 is 0 Å². The van der Waals surface area contributed by atoms with Crippen LogP contribution in [0.3, 0.4) is 0 Å². The third kappa shape index (κ3) is 3.54. The highest BCUT2D eigenvalue weighted by Gasteiger charge is 2.22. The molecule has 0 unspecified atom stereocenters. The Labute approximate surface area is 155 Å². The number of piperazine rings is 1. The highest BCUT2D eigenvalue weighted by Crippen LogP contribution is 2.33. The van der Waals surface area contributed by atoms with Crippen LogP contribution in [-0.2, 0) is 0 Å². The van der Waals surface area contributed by atoms with Crippen molar-refractivity contribution in [2.24, 2.45) is 0 Å². The summed E-state index contributed by atoms with van der Waals surface area (Å²) in [5, 5.41) is 1.71. The number of halogens is 1. The summed E-state index contributed by atoms with van der Waals surface area (Å²) in [6.45, 7) is 3.95. The second-order valence-corrected chi connectivity index (χ2v) is 7.55. The molecule has 0 N–H and O–H groups in total. The van der Waals surface area contributed by atoms with E-state index >= 15 is 0 Å². The van der Waals surface area contributed by atoms with Crippen LogP contribution in [0.1, 0.15) is 10.4 Å². The molecule has 2 aromatic carbocycles. The van der Waals surface area contributed by atoms with E-state index in [1.165, 1.54) is 0 Å². The topological polar surface area (TPSA) is 36.4 Å². The lowest BCUT2D eigenvalue weighted by Gasteiger charge is -2.34.